The van der Waals surface area contributed by atoms with Crippen molar-refractivity contribution in [1.82, 2.24) is 10.2 Å². The maximum Gasteiger partial charge on any atom is 0.132 e. The van der Waals surface area contributed by atoms with Gasteiger partial charge in [0.05, 0.1) is 0 Å². The zero-order valence-electron chi connectivity index (χ0n) is 7.72. The first-order valence-electron chi connectivity index (χ1n) is 3.67. The summed E-state index contributed by atoms with van der Waals surface area (Å²) in [5.41, 5.74) is 0. The molecule has 11 heavy (non-hydrogen) atoms. The lowest BCUT2D eigenvalue weighted by atomic mass is 10.7. The Morgan fingerprint density at radius 2 is 1.64 bits per heavy atom. The molecule has 0 aliphatic rings. The van der Waals surface area contributed by atoms with E-state index in [4.69, 9.17) is 0 Å². The summed E-state index contributed by atoms with van der Waals surface area (Å²) in [7, 11) is 3.71. The van der Waals surface area contributed by atoms with Crippen LogP contribution in [0.4, 0.5) is 0 Å². The third-order valence-electron chi connectivity index (χ3n) is 0.883. The highest BCUT2D eigenvalue weighted by molar-refractivity contribution is 8.10. The summed E-state index contributed by atoms with van der Waals surface area (Å²) in [6.07, 6.45) is 0. The lowest BCUT2D eigenvalue weighted by Crippen LogP contribution is -2.12. The quantitative estimate of drug-likeness (QED) is 0.510. The molecule has 0 spiro atoms. The molecule has 0 aromatic heterocycles. The minimum absolute atomic E-state index is 0.620. The Kier molecular flexibility index (Phi) is 12.8. The number of nitrogens with one attached hydrogen (secondary N) is 1. The molecule has 0 aliphatic heterocycles. The highest BCUT2D eigenvalue weighted by Gasteiger charge is 1.83. The van der Waals surface area contributed by atoms with Gasteiger partial charge in [-0.1, -0.05) is 26.1 Å². The minimum Gasteiger partial charge on any atom is -0.364 e. The summed E-state index contributed by atoms with van der Waals surface area (Å²) < 4.78 is 0.620. The first-order valence-corrected chi connectivity index (χ1v) is 4.52. The monoisotopic (exact) mass is 194 g/mol. The van der Waals surface area contributed by atoms with Crippen molar-refractivity contribution in [2.75, 3.05) is 27.2 Å². The van der Waals surface area contributed by atoms with E-state index in [-0.39, 0.29) is 0 Å². The Morgan fingerprint density at radius 1 is 1.36 bits per heavy atom. The zero-order valence-corrected chi connectivity index (χ0v) is 9.43. The van der Waals surface area contributed by atoms with Gasteiger partial charge in [-0.2, -0.15) is 0 Å². The van der Waals surface area contributed by atoms with E-state index in [1.165, 1.54) is 0 Å². The molecule has 0 saturated heterocycles. The van der Waals surface area contributed by atoms with Gasteiger partial charge in [-0.25, -0.2) is 0 Å². The van der Waals surface area contributed by atoms with E-state index in [0.717, 1.165) is 13.1 Å². The van der Waals surface area contributed by atoms with Crippen LogP contribution < -0.4 is 5.32 Å². The number of hydrogen-bond donors (Lipinski definition) is 2. The molecule has 0 rings (SSSR count). The van der Waals surface area contributed by atoms with Gasteiger partial charge in [0.25, 0.3) is 0 Å². The Labute approximate surface area is 80.8 Å². The Morgan fingerprint density at radius 3 is 1.64 bits per heavy atom. The van der Waals surface area contributed by atoms with Crippen LogP contribution in [0, 0.1) is 0 Å². The Hall–Kier alpha value is 0.200. The van der Waals surface area contributed by atoms with Crippen LogP contribution in [-0.2, 0) is 0 Å². The highest BCUT2D eigenvalue weighted by atomic mass is 32.1. The van der Waals surface area contributed by atoms with Crippen molar-refractivity contribution < 1.29 is 0 Å². The molecule has 0 aliphatic carbocycles. The second-order valence-electron chi connectivity index (χ2n) is 2.13. The maximum absolute atomic E-state index is 4.61. The second kappa shape index (κ2) is 10.2. The molecule has 0 aromatic carbocycles. The van der Waals surface area contributed by atoms with Crippen LogP contribution in [0.2, 0.25) is 0 Å². The summed E-state index contributed by atoms with van der Waals surface area (Å²) in [6.45, 7) is 6.39. The summed E-state index contributed by atoms with van der Waals surface area (Å²) in [5, 5.41) is 3.11. The predicted molar refractivity (Wildman–Crippen MR) is 59.5 cm³/mol. The Bertz CT molecular complexity index is 92.4. The molecule has 4 heteroatoms. The molecule has 0 unspecified atom stereocenters. The van der Waals surface area contributed by atoms with Crippen molar-refractivity contribution in [3.63, 3.8) is 0 Å². The molecule has 0 bridgehead atoms. The fourth-order valence-electron chi connectivity index (χ4n) is 0.250. The highest BCUT2D eigenvalue weighted by Crippen LogP contribution is 1.84. The lowest BCUT2D eigenvalue weighted by Gasteiger charge is -2.05. The zero-order chi connectivity index (χ0) is 9.28. The molecule has 0 amide bonds. The number of rotatable bonds is 2. The molecular weight excluding hydrogens is 176 g/mol. The number of thiocarbonyl (C=S) groups is 1. The van der Waals surface area contributed by atoms with Crippen molar-refractivity contribution in [2.24, 2.45) is 0 Å². The van der Waals surface area contributed by atoms with Crippen LogP contribution in [0.3, 0.4) is 0 Å². The van der Waals surface area contributed by atoms with Gasteiger partial charge in [0, 0.05) is 14.1 Å². The third-order valence-corrected chi connectivity index (χ3v) is 1.65. The smallest absolute Gasteiger partial charge is 0.132 e. The van der Waals surface area contributed by atoms with Crippen LogP contribution in [0.1, 0.15) is 13.8 Å². The number of hydrogen-bond acceptors (Lipinski definition) is 2. The van der Waals surface area contributed by atoms with E-state index in [9.17, 15) is 0 Å². The van der Waals surface area contributed by atoms with Gasteiger partial charge >= 0.3 is 0 Å². The largest absolute Gasteiger partial charge is 0.364 e. The first kappa shape index (κ1) is 13.8. The second-order valence-corrected chi connectivity index (χ2v) is 3.25. The fraction of sp³-hybridized carbons (Fsp3) is 0.857. The molecule has 0 fully saturated rings. The minimum atomic E-state index is 0.620. The Balaban J connectivity index is 0. The van der Waals surface area contributed by atoms with E-state index in [2.05, 4.69) is 44.0 Å². The van der Waals surface area contributed by atoms with Crippen molar-refractivity contribution in [3.05, 3.63) is 0 Å². The van der Waals surface area contributed by atoms with Crippen LogP contribution in [0.15, 0.2) is 0 Å². The van der Waals surface area contributed by atoms with E-state index < -0.39 is 0 Å². The topological polar surface area (TPSA) is 15.3 Å². The van der Waals surface area contributed by atoms with Crippen LogP contribution >= 0.6 is 24.8 Å². The summed E-state index contributed by atoms with van der Waals surface area (Å²) >= 11 is 8.46. The summed E-state index contributed by atoms with van der Waals surface area (Å²) in [6, 6.07) is 0. The molecule has 0 saturated carbocycles. The number of nitrogens with zero attached hydrogens (tertiary/aromatic N) is 1. The fourth-order valence-corrected chi connectivity index (χ4v) is 0.250. The van der Waals surface area contributed by atoms with Gasteiger partial charge in [0.2, 0.25) is 0 Å². The first-order chi connectivity index (χ1) is 5.06. The van der Waals surface area contributed by atoms with Gasteiger partial charge in [-0.05, 0) is 13.1 Å². The molecular formula is C7H18N2S2. The van der Waals surface area contributed by atoms with Gasteiger partial charge in [-0.3, -0.25) is 0 Å². The van der Waals surface area contributed by atoms with E-state index >= 15 is 0 Å². The normalized spacial score (nSPS) is 8.09. The van der Waals surface area contributed by atoms with E-state index in [1.54, 1.807) is 4.90 Å². The van der Waals surface area contributed by atoms with Crippen LogP contribution in [-0.4, -0.2) is 36.4 Å². The van der Waals surface area contributed by atoms with Gasteiger partial charge in [-0.15, -0.1) is 12.6 Å². The number of thiol groups is 1. The van der Waals surface area contributed by atoms with Crippen LogP contribution in [0.5, 0.6) is 0 Å². The third kappa shape index (κ3) is 17.8. The molecule has 2 nitrogen and oxygen atoms in total. The molecule has 68 valence electrons. The standard InChI is InChI=1S/C4H11N.C3H7NS2/c1-3-5-4-2;1-4(2)3(5)6/h5H,3-4H2,1-2H3;1-2H3,(H,5,6). The van der Waals surface area contributed by atoms with Crippen molar-refractivity contribution in [1.29, 1.82) is 0 Å². The lowest BCUT2D eigenvalue weighted by molar-refractivity contribution is 0.648. The molecule has 0 atom stereocenters. The average molecular weight is 194 g/mol. The van der Waals surface area contributed by atoms with Gasteiger partial charge in [0.15, 0.2) is 0 Å². The molecule has 0 heterocycles. The van der Waals surface area contributed by atoms with Gasteiger partial charge < -0.3 is 10.2 Å². The van der Waals surface area contributed by atoms with E-state index in [1.807, 2.05) is 14.1 Å². The van der Waals surface area contributed by atoms with Crippen molar-refractivity contribution in [3.8, 4) is 0 Å². The molecule has 1 N–H and O–H groups in total. The van der Waals surface area contributed by atoms with Crippen molar-refractivity contribution >= 4 is 29.2 Å². The van der Waals surface area contributed by atoms with Crippen molar-refractivity contribution in [2.45, 2.75) is 13.8 Å². The maximum atomic E-state index is 4.61. The van der Waals surface area contributed by atoms with E-state index in [0.29, 0.717) is 4.32 Å². The predicted octanol–water partition coefficient (Wildman–Crippen LogP) is 1.38. The van der Waals surface area contributed by atoms with Gasteiger partial charge in [0.1, 0.15) is 4.32 Å². The molecule has 0 radical (unpaired) electrons. The average Bonchev–Trinajstić information content (AvgIpc) is 1.90. The summed E-state index contributed by atoms with van der Waals surface area (Å²) in [4.78, 5) is 1.76. The van der Waals surface area contributed by atoms with Crippen LogP contribution in [0.25, 0.3) is 0 Å². The molecule has 0 aromatic rings. The summed E-state index contributed by atoms with van der Waals surface area (Å²) in [5.74, 6) is 0. The SMILES string of the molecule is CCNCC.CN(C)C(=S)S.